The highest BCUT2D eigenvalue weighted by Crippen LogP contribution is 2.34. The standard InChI is InChI=1S/C22H29N3O5S/c26-20(24-8-2-1-3-9-24)13-31-14-21(27)25-10-6-16(7-11-25)22(28)23-17-4-5-18-19(12-17)30-15-29-18/h4-5,12,16H,1-3,6-11,13-15H2,(H,23,28). The van der Waals surface area contributed by atoms with E-state index in [1.54, 1.807) is 18.2 Å². The third kappa shape index (κ3) is 5.64. The van der Waals surface area contributed by atoms with E-state index in [0.717, 1.165) is 25.9 Å². The Morgan fingerprint density at radius 2 is 1.55 bits per heavy atom. The predicted octanol–water partition coefficient (Wildman–Crippen LogP) is 2.34. The highest BCUT2D eigenvalue weighted by molar-refractivity contribution is 8.00. The molecule has 8 nitrogen and oxygen atoms in total. The highest BCUT2D eigenvalue weighted by Gasteiger charge is 2.28. The zero-order valence-electron chi connectivity index (χ0n) is 17.6. The van der Waals surface area contributed by atoms with Gasteiger partial charge in [-0.25, -0.2) is 0 Å². The van der Waals surface area contributed by atoms with Crippen LogP contribution in [-0.2, 0) is 14.4 Å². The van der Waals surface area contributed by atoms with Gasteiger partial charge >= 0.3 is 0 Å². The van der Waals surface area contributed by atoms with Crippen molar-refractivity contribution in [2.75, 3.05) is 49.8 Å². The summed E-state index contributed by atoms with van der Waals surface area (Å²) >= 11 is 1.39. The number of thioether (sulfide) groups is 1. The quantitative estimate of drug-likeness (QED) is 0.720. The lowest BCUT2D eigenvalue weighted by atomic mass is 9.96. The van der Waals surface area contributed by atoms with Gasteiger partial charge in [0.2, 0.25) is 24.5 Å². The zero-order chi connectivity index (χ0) is 21.6. The molecular formula is C22H29N3O5S. The van der Waals surface area contributed by atoms with E-state index in [2.05, 4.69) is 5.32 Å². The number of likely N-dealkylation sites (tertiary alicyclic amines) is 2. The maximum atomic E-state index is 12.6. The van der Waals surface area contributed by atoms with Gasteiger partial charge in [-0.3, -0.25) is 14.4 Å². The largest absolute Gasteiger partial charge is 0.454 e. The van der Waals surface area contributed by atoms with E-state index in [0.29, 0.717) is 54.6 Å². The first-order chi connectivity index (χ1) is 15.1. The Hall–Kier alpha value is -2.42. The summed E-state index contributed by atoms with van der Waals surface area (Å²) in [4.78, 5) is 41.0. The minimum absolute atomic E-state index is 0.0348. The molecule has 0 radical (unpaired) electrons. The lowest BCUT2D eigenvalue weighted by Crippen LogP contribution is -2.42. The molecule has 3 heterocycles. The molecule has 3 aliphatic rings. The van der Waals surface area contributed by atoms with E-state index >= 15 is 0 Å². The van der Waals surface area contributed by atoms with Crippen molar-refractivity contribution >= 4 is 35.2 Å². The maximum Gasteiger partial charge on any atom is 0.232 e. The van der Waals surface area contributed by atoms with Crippen LogP contribution < -0.4 is 14.8 Å². The highest BCUT2D eigenvalue weighted by atomic mass is 32.2. The van der Waals surface area contributed by atoms with Crippen LogP contribution in [-0.4, -0.2) is 72.0 Å². The fraction of sp³-hybridized carbons (Fsp3) is 0.591. The third-order valence-electron chi connectivity index (χ3n) is 6.02. The first-order valence-corrected chi connectivity index (χ1v) is 12.1. The molecule has 0 aromatic heterocycles. The van der Waals surface area contributed by atoms with Gasteiger partial charge in [-0.2, -0.15) is 0 Å². The second-order valence-electron chi connectivity index (χ2n) is 8.15. The van der Waals surface area contributed by atoms with Gasteiger partial charge in [-0.15, -0.1) is 11.8 Å². The Kier molecular flexibility index (Phi) is 7.21. The van der Waals surface area contributed by atoms with Crippen molar-refractivity contribution in [3.8, 4) is 11.5 Å². The molecule has 0 unspecified atom stereocenters. The smallest absolute Gasteiger partial charge is 0.232 e. The molecule has 1 aromatic carbocycles. The van der Waals surface area contributed by atoms with Gasteiger partial charge in [0, 0.05) is 43.9 Å². The van der Waals surface area contributed by atoms with Crippen molar-refractivity contribution in [2.45, 2.75) is 32.1 Å². The van der Waals surface area contributed by atoms with E-state index < -0.39 is 0 Å². The molecule has 0 spiro atoms. The SMILES string of the molecule is O=C(Nc1ccc2c(c1)OCO2)C1CCN(C(=O)CSCC(=O)N2CCCCC2)CC1. The lowest BCUT2D eigenvalue weighted by Gasteiger charge is -2.31. The van der Waals surface area contributed by atoms with Gasteiger partial charge in [0.1, 0.15) is 0 Å². The minimum atomic E-state index is -0.122. The van der Waals surface area contributed by atoms with Crippen molar-refractivity contribution in [1.29, 1.82) is 0 Å². The van der Waals surface area contributed by atoms with Crippen LogP contribution in [0.3, 0.4) is 0 Å². The number of ether oxygens (including phenoxy) is 2. The molecule has 1 N–H and O–H groups in total. The molecule has 168 valence electrons. The number of amides is 3. The first kappa shape index (κ1) is 21.8. The molecule has 0 aliphatic carbocycles. The average molecular weight is 448 g/mol. The Labute approximate surface area is 186 Å². The molecule has 0 saturated carbocycles. The van der Waals surface area contributed by atoms with Crippen molar-refractivity contribution in [3.63, 3.8) is 0 Å². The van der Waals surface area contributed by atoms with Gasteiger partial charge in [-0.1, -0.05) is 0 Å². The number of anilines is 1. The number of piperidine rings is 2. The lowest BCUT2D eigenvalue weighted by molar-refractivity contribution is -0.132. The molecule has 31 heavy (non-hydrogen) atoms. The van der Waals surface area contributed by atoms with Crippen LogP contribution in [0.4, 0.5) is 5.69 Å². The molecule has 3 amide bonds. The second-order valence-corrected chi connectivity index (χ2v) is 9.13. The molecule has 2 saturated heterocycles. The number of carbonyl (C=O) groups is 3. The Morgan fingerprint density at radius 3 is 2.26 bits per heavy atom. The summed E-state index contributed by atoms with van der Waals surface area (Å²) in [7, 11) is 0. The summed E-state index contributed by atoms with van der Waals surface area (Å²) in [5.74, 6) is 2.01. The van der Waals surface area contributed by atoms with Gasteiger partial charge in [-0.05, 0) is 44.2 Å². The Balaban J connectivity index is 1.16. The topological polar surface area (TPSA) is 88.2 Å². The van der Waals surface area contributed by atoms with E-state index in [1.165, 1.54) is 18.2 Å². The summed E-state index contributed by atoms with van der Waals surface area (Å²) in [6, 6.07) is 5.35. The predicted molar refractivity (Wildman–Crippen MR) is 118 cm³/mol. The van der Waals surface area contributed by atoms with Crippen molar-refractivity contribution in [1.82, 2.24) is 9.80 Å². The monoisotopic (exact) mass is 447 g/mol. The van der Waals surface area contributed by atoms with E-state index in [9.17, 15) is 14.4 Å². The summed E-state index contributed by atoms with van der Waals surface area (Å²) in [6.45, 7) is 3.02. The number of nitrogens with one attached hydrogen (secondary N) is 1. The number of carbonyl (C=O) groups excluding carboxylic acids is 3. The minimum Gasteiger partial charge on any atom is -0.454 e. The summed E-state index contributed by atoms with van der Waals surface area (Å²) in [5, 5.41) is 2.94. The molecule has 0 atom stereocenters. The molecular weight excluding hydrogens is 418 g/mol. The molecule has 3 aliphatic heterocycles. The fourth-order valence-electron chi connectivity index (χ4n) is 4.16. The van der Waals surface area contributed by atoms with Crippen LogP contribution >= 0.6 is 11.8 Å². The maximum absolute atomic E-state index is 12.6. The molecule has 2 fully saturated rings. The van der Waals surface area contributed by atoms with Gasteiger partial charge in [0.05, 0.1) is 11.5 Å². The number of hydrogen-bond donors (Lipinski definition) is 1. The van der Waals surface area contributed by atoms with E-state index in [1.807, 2.05) is 9.80 Å². The summed E-state index contributed by atoms with van der Waals surface area (Å²) < 4.78 is 10.6. The molecule has 0 bridgehead atoms. The van der Waals surface area contributed by atoms with Gasteiger partial charge < -0.3 is 24.6 Å². The first-order valence-electron chi connectivity index (χ1n) is 10.9. The molecule has 9 heteroatoms. The van der Waals surface area contributed by atoms with Crippen molar-refractivity contribution < 1.29 is 23.9 Å². The van der Waals surface area contributed by atoms with Crippen LogP contribution in [0.2, 0.25) is 0 Å². The van der Waals surface area contributed by atoms with Gasteiger partial charge in [0.25, 0.3) is 0 Å². The normalized spacial score (nSPS) is 18.7. The number of hydrogen-bond acceptors (Lipinski definition) is 6. The third-order valence-corrected chi connectivity index (χ3v) is 6.92. The Morgan fingerprint density at radius 1 is 0.903 bits per heavy atom. The van der Waals surface area contributed by atoms with Gasteiger partial charge in [0.15, 0.2) is 11.5 Å². The van der Waals surface area contributed by atoms with Crippen LogP contribution in [0.5, 0.6) is 11.5 Å². The van der Waals surface area contributed by atoms with Crippen molar-refractivity contribution in [3.05, 3.63) is 18.2 Å². The zero-order valence-corrected chi connectivity index (χ0v) is 18.5. The second kappa shape index (κ2) is 10.3. The molecule has 1 aromatic rings. The number of nitrogens with zero attached hydrogens (tertiary/aromatic N) is 2. The Bertz CT molecular complexity index is 819. The van der Waals surface area contributed by atoms with Crippen LogP contribution in [0, 0.1) is 5.92 Å². The number of rotatable bonds is 6. The molecule has 4 rings (SSSR count). The van der Waals surface area contributed by atoms with Crippen LogP contribution in [0.15, 0.2) is 18.2 Å². The van der Waals surface area contributed by atoms with E-state index in [-0.39, 0.29) is 30.4 Å². The number of fused-ring (bicyclic) bond motifs is 1. The van der Waals surface area contributed by atoms with Crippen LogP contribution in [0.1, 0.15) is 32.1 Å². The van der Waals surface area contributed by atoms with Crippen molar-refractivity contribution in [2.24, 2.45) is 5.92 Å². The summed E-state index contributed by atoms with van der Waals surface area (Å²) in [5.41, 5.74) is 0.683. The average Bonchev–Trinajstić information content (AvgIpc) is 3.27. The summed E-state index contributed by atoms with van der Waals surface area (Å²) in [6.07, 6.45) is 4.62. The van der Waals surface area contributed by atoms with Crippen LogP contribution in [0.25, 0.3) is 0 Å². The fourth-order valence-corrected chi connectivity index (χ4v) is 4.98. The van der Waals surface area contributed by atoms with E-state index in [4.69, 9.17) is 9.47 Å². The number of benzene rings is 1.